The minimum absolute atomic E-state index is 0.0519. The first-order valence-corrected chi connectivity index (χ1v) is 7.50. The molecule has 2 N–H and O–H groups in total. The maximum Gasteiger partial charge on any atom is 0.573 e. The first-order chi connectivity index (χ1) is 12.4. The highest BCUT2D eigenvalue weighted by atomic mass is 19.4. The number of aliphatic hydroxyl groups is 1. The molecule has 10 heteroatoms. The fourth-order valence-corrected chi connectivity index (χ4v) is 2.01. The lowest BCUT2D eigenvalue weighted by molar-refractivity contribution is -0.274. The largest absolute Gasteiger partial charge is 0.573 e. The molecule has 0 aromatic heterocycles. The summed E-state index contributed by atoms with van der Waals surface area (Å²) in [4.78, 5) is 0. The maximum atomic E-state index is 12.7. The summed E-state index contributed by atoms with van der Waals surface area (Å²) in [5, 5.41) is 11.4. The lowest BCUT2D eigenvalue weighted by atomic mass is 10.2. The number of halogens is 6. The summed E-state index contributed by atoms with van der Waals surface area (Å²) < 4.78 is 84.0. The minimum atomic E-state index is -4.90. The van der Waals surface area contributed by atoms with Crippen LogP contribution in [0.25, 0.3) is 0 Å². The van der Waals surface area contributed by atoms with Crippen LogP contribution in [-0.4, -0.2) is 23.4 Å². The van der Waals surface area contributed by atoms with Gasteiger partial charge in [-0.25, -0.2) is 0 Å². The molecular formula is C17H15F6NO3. The number of nitrogens with one attached hydrogen (secondary N) is 1. The summed E-state index contributed by atoms with van der Waals surface area (Å²) in [6.07, 6.45) is -9.72. The van der Waals surface area contributed by atoms with Crippen molar-refractivity contribution in [3.05, 3.63) is 54.1 Å². The average molecular weight is 395 g/mol. The normalized spacial score (nSPS) is 14.4. The molecule has 0 heterocycles. The molecule has 0 amide bonds. The predicted octanol–water partition coefficient (Wildman–Crippen LogP) is 4.85. The molecule has 1 atom stereocenters. The van der Waals surface area contributed by atoms with Crippen LogP contribution >= 0.6 is 0 Å². The molecule has 0 fully saturated rings. The monoisotopic (exact) mass is 395 g/mol. The quantitative estimate of drug-likeness (QED) is 0.543. The Hall–Kier alpha value is -2.62. The zero-order chi connectivity index (χ0) is 20.3. The van der Waals surface area contributed by atoms with Gasteiger partial charge in [0.1, 0.15) is 18.1 Å². The third-order valence-corrected chi connectivity index (χ3v) is 3.31. The Kier molecular flexibility index (Phi) is 5.79. The van der Waals surface area contributed by atoms with Crippen LogP contribution < -0.4 is 14.8 Å². The minimum Gasteiger partial charge on any atom is -0.489 e. The van der Waals surface area contributed by atoms with E-state index in [0.717, 1.165) is 12.1 Å². The lowest BCUT2D eigenvalue weighted by Crippen LogP contribution is -2.49. The van der Waals surface area contributed by atoms with Gasteiger partial charge >= 0.3 is 12.5 Å². The highest BCUT2D eigenvalue weighted by Crippen LogP contribution is 2.32. The van der Waals surface area contributed by atoms with Gasteiger partial charge in [0.05, 0.1) is 0 Å². The van der Waals surface area contributed by atoms with E-state index in [1.54, 1.807) is 0 Å². The van der Waals surface area contributed by atoms with E-state index < -0.39 is 24.0 Å². The standard InChI is InChI=1S/C17H15F6NO3/c1-15(25,16(18,19)20)24-12-5-3-6-13(9-12)26-10-11-4-2-7-14(8-11)27-17(21,22)23/h2-9,24-25H,10H2,1H3. The summed E-state index contributed by atoms with van der Waals surface area (Å²) in [5.74, 6) is -0.264. The Labute approximate surface area is 150 Å². The van der Waals surface area contributed by atoms with Crippen molar-refractivity contribution in [3.63, 3.8) is 0 Å². The van der Waals surface area contributed by atoms with Crippen LogP contribution in [0.4, 0.5) is 32.0 Å². The second-order valence-electron chi connectivity index (χ2n) is 5.71. The van der Waals surface area contributed by atoms with Gasteiger partial charge in [-0.05, 0) is 36.8 Å². The summed E-state index contributed by atoms with van der Waals surface area (Å²) in [7, 11) is 0. The molecule has 0 bridgehead atoms. The third kappa shape index (κ3) is 6.24. The van der Waals surface area contributed by atoms with Crippen molar-refractivity contribution in [1.29, 1.82) is 0 Å². The molecule has 0 aliphatic carbocycles. The zero-order valence-electron chi connectivity index (χ0n) is 13.9. The Morgan fingerprint density at radius 1 is 0.926 bits per heavy atom. The highest BCUT2D eigenvalue weighted by molar-refractivity contribution is 5.49. The summed E-state index contributed by atoms with van der Waals surface area (Å²) in [6.45, 7) is 0.418. The molecule has 0 radical (unpaired) electrons. The number of ether oxygens (including phenoxy) is 2. The van der Waals surface area contributed by atoms with Gasteiger partial charge in [-0.2, -0.15) is 13.2 Å². The molecule has 2 aromatic rings. The fraction of sp³-hybridized carbons (Fsp3) is 0.294. The Morgan fingerprint density at radius 3 is 2.19 bits per heavy atom. The van der Waals surface area contributed by atoms with E-state index in [0.29, 0.717) is 12.5 Å². The van der Waals surface area contributed by atoms with Crippen LogP contribution in [-0.2, 0) is 6.61 Å². The van der Waals surface area contributed by atoms with Crippen molar-refractivity contribution in [3.8, 4) is 11.5 Å². The lowest BCUT2D eigenvalue weighted by Gasteiger charge is -2.28. The van der Waals surface area contributed by atoms with E-state index in [1.165, 1.54) is 36.4 Å². The summed E-state index contributed by atoms with van der Waals surface area (Å²) in [5.41, 5.74) is -2.84. The zero-order valence-corrected chi connectivity index (χ0v) is 13.9. The SMILES string of the molecule is CC(O)(Nc1cccc(OCc2cccc(OC(F)(F)F)c2)c1)C(F)(F)F. The van der Waals surface area contributed by atoms with Crippen LogP contribution in [0.1, 0.15) is 12.5 Å². The molecule has 27 heavy (non-hydrogen) atoms. The first-order valence-electron chi connectivity index (χ1n) is 7.50. The van der Waals surface area contributed by atoms with E-state index in [4.69, 9.17) is 4.74 Å². The van der Waals surface area contributed by atoms with Gasteiger partial charge < -0.3 is 19.9 Å². The first kappa shape index (κ1) is 20.7. The van der Waals surface area contributed by atoms with Crippen molar-refractivity contribution in [1.82, 2.24) is 0 Å². The molecule has 2 rings (SSSR count). The molecule has 0 aliphatic rings. The average Bonchev–Trinajstić information content (AvgIpc) is 2.50. The number of alkyl halides is 6. The van der Waals surface area contributed by atoms with Gasteiger partial charge in [0.2, 0.25) is 5.72 Å². The number of rotatable bonds is 6. The maximum absolute atomic E-state index is 12.7. The number of anilines is 1. The van der Waals surface area contributed by atoms with Gasteiger partial charge in [-0.15, -0.1) is 13.2 Å². The van der Waals surface area contributed by atoms with Crippen LogP contribution in [0.5, 0.6) is 11.5 Å². The van der Waals surface area contributed by atoms with Crippen molar-refractivity contribution in [2.75, 3.05) is 5.32 Å². The Bertz CT molecular complexity index is 774. The second-order valence-corrected chi connectivity index (χ2v) is 5.71. The third-order valence-electron chi connectivity index (χ3n) is 3.31. The van der Waals surface area contributed by atoms with Crippen molar-refractivity contribution in [2.45, 2.75) is 31.8 Å². The Balaban J connectivity index is 2.04. The van der Waals surface area contributed by atoms with Crippen LogP contribution in [0.15, 0.2) is 48.5 Å². The number of hydrogen-bond donors (Lipinski definition) is 2. The molecule has 2 aromatic carbocycles. The van der Waals surface area contributed by atoms with E-state index >= 15 is 0 Å². The van der Waals surface area contributed by atoms with Crippen molar-refractivity contribution < 1.29 is 40.9 Å². The van der Waals surface area contributed by atoms with E-state index in [2.05, 4.69) is 4.74 Å². The van der Waals surface area contributed by atoms with Crippen LogP contribution in [0.3, 0.4) is 0 Å². The Morgan fingerprint density at radius 2 is 1.56 bits per heavy atom. The molecule has 0 spiro atoms. The fourth-order valence-electron chi connectivity index (χ4n) is 2.01. The highest BCUT2D eigenvalue weighted by Gasteiger charge is 2.50. The van der Waals surface area contributed by atoms with Crippen LogP contribution in [0.2, 0.25) is 0 Å². The number of benzene rings is 2. The molecule has 0 saturated heterocycles. The van der Waals surface area contributed by atoms with Crippen LogP contribution in [0, 0.1) is 0 Å². The summed E-state index contributed by atoms with van der Waals surface area (Å²) >= 11 is 0. The molecule has 4 nitrogen and oxygen atoms in total. The molecule has 0 saturated carbocycles. The van der Waals surface area contributed by atoms with E-state index in [1.807, 2.05) is 5.32 Å². The van der Waals surface area contributed by atoms with E-state index in [-0.39, 0.29) is 18.0 Å². The summed E-state index contributed by atoms with van der Waals surface area (Å²) in [6, 6.07) is 10.5. The second kappa shape index (κ2) is 7.55. The smallest absolute Gasteiger partial charge is 0.489 e. The van der Waals surface area contributed by atoms with Crippen molar-refractivity contribution in [2.24, 2.45) is 0 Å². The van der Waals surface area contributed by atoms with Gasteiger partial charge in [-0.3, -0.25) is 0 Å². The molecule has 1 unspecified atom stereocenters. The van der Waals surface area contributed by atoms with Gasteiger partial charge in [0, 0.05) is 11.8 Å². The van der Waals surface area contributed by atoms with Crippen molar-refractivity contribution >= 4 is 5.69 Å². The molecular weight excluding hydrogens is 380 g/mol. The molecule has 148 valence electrons. The predicted molar refractivity (Wildman–Crippen MR) is 84.2 cm³/mol. The van der Waals surface area contributed by atoms with Gasteiger partial charge in [-0.1, -0.05) is 18.2 Å². The topological polar surface area (TPSA) is 50.7 Å². The van der Waals surface area contributed by atoms with E-state index in [9.17, 15) is 31.4 Å². The van der Waals surface area contributed by atoms with Gasteiger partial charge in [0.25, 0.3) is 0 Å². The number of hydrogen-bond acceptors (Lipinski definition) is 4. The molecule has 0 aliphatic heterocycles. The van der Waals surface area contributed by atoms with Gasteiger partial charge in [0.15, 0.2) is 0 Å².